The highest BCUT2D eigenvalue weighted by Gasteiger charge is 2.47. The van der Waals surface area contributed by atoms with Crippen LogP contribution in [0.2, 0.25) is 0 Å². The molecule has 1 aliphatic carbocycles. The van der Waals surface area contributed by atoms with Gasteiger partial charge in [0.2, 0.25) is 6.54 Å². The molecule has 0 amide bonds. The minimum atomic E-state index is -0.539. The predicted molar refractivity (Wildman–Crippen MR) is 51.9 cm³/mol. The van der Waals surface area contributed by atoms with E-state index >= 15 is 0 Å². The quantitative estimate of drug-likeness (QED) is 0.227. The van der Waals surface area contributed by atoms with E-state index in [9.17, 15) is 19.7 Å². The summed E-state index contributed by atoms with van der Waals surface area (Å²) in [7, 11) is 0. The van der Waals surface area contributed by atoms with Crippen LogP contribution >= 0.6 is 0 Å². The molecule has 2 unspecified atom stereocenters. The van der Waals surface area contributed by atoms with Crippen LogP contribution in [-0.4, -0.2) is 23.4 Å². The molecule has 0 aromatic rings. The number of cyclic esters (lactones) is 2. The van der Waals surface area contributed by atoms with E-state index in [1.807, 2.05) is 0 Å². The molecule has 0 spiro atoms. The van der Waals surface area contributed by atoms with Gasteiger partial charge in [0, 0.05) is 4.92 Å². The summed E-state index contributed by atoms with van der Waals surface area (Å²) in [5.74, 6) is -1.97. The average Bonchev–Trinajstić information content (AvgIpc) is 2.43. The first-order valence-corrected chi connectivity index (χ1v) is 5.04. The van der Waals surface area contributed by atoms with E-state index < -0.39 is 28.7 Å². The third kappa shape index (κ3) is 1.70. The summed E-state index contributed by atoms with van der Waals surface area (Å²) in [6.07, 6.45) is 0.681. The zero-order valence-corrected chi connectivity index (χ0v) is 8.76. The molecule has 6 nitrogen and oxygen atoms in total. The predicted octanol–water partition coefficient (Wildman–Crippen LogP) is 0.689. The van der Waals surface area contributed by atoms with Crippen molar-refractivity contribution in [2.75, 3.05) is 6.54 Å². The number of nitro groups is 1. The lowest BCUT2D eigenvalue weighted by atomic mass is 9.77. The highest BCUT2D eigenvalue weighted by atomic mass is 16.6. The van der Waals surface area contributed by atoms with Gasteiger partial charge in [-0.25, -0.2) is 0 Å². The molecule has 0 N–H and O–H groups in total. The summed E-state index contributed by atoms with van der Waals surface area (Å²) in [6.45, 7) is 1.52. The Kier molecular flexibility index (Phi) is 2.49. The van der Waals surface area contributed by atoms with Crippen LogP contribution in [-0.2, 0) is 14.3 Å². The number of ether oxygens (including phenoxy) is 1. The lowest BCUT2D eigenvalue weighted by molar-refractivity contribution is -0.471. The summed E-state index contributed by atoms with van der Waals surface area (Å²) in [4.78, 5) is 32.6. The maximum Gasteiger partial charge on any atom is 0.317 e. The van der Waals surface area contributed by atoms with Gasteiger partial charge in [-0.3, -0.25) is 19.7 Å². The molecular weight excluding hydrogens is 214 g/mol. The molecule has 1 aliphatic heterocycles. The van der Waals surface area contributed by atoms with Crippen molar-refractivity contribution in [3.8, 4) is 0 Å². The number of rotatable bonds is 2. The molecule has 6 heteroatoms. The molecule has 1 heterocycles. The van der Waals surface area contributed by atoms with Crippen molar-refractivity contribution in [1.29, 1.82) is 0 Å². The lowest BCUT2D eigenvalue weighted by Crippen LogP contribution is -2.25. The Balaban J connectivity index is 2.22. The topological polar surface area (TPSA) is 86.5 Å². The molecule has 1 fully saturated rings. The van der Waals surface area contributed by atoms with Crippen LogP contribution in [0.1, 0.15) is 19.8 Å². The monoisotopic (exact) mass is 225 g/mol. The summed E-state index contributed by atoms with van der Waals surface area (Å²) in [5.41, 5.74) is 1.49. The Hall–Kier alpha value is -1.72. The summed E-state index contributed by atoms with van der Waals surface area (Å²) >= 11 is 0. The second-order valence-corrected chi connectivity index (χ2v) is 4.24. The molecule has 0 aromatic carbocycles. The minimum absolute atomic E-state index is 0.253. The van der Waals surface area contributed by atoms with Crippen LogP contribution in [0.4, 0.5) is 0 Å². The fourth-order valence-corrected chi connectivity index (χ4v) is 2.30. The van der Waals surface area contributed by atoms with E-state index in [-0.39, 0.29) is 13.0 Å². The van der Waals surface area contributed by atoms with Gasteiger partial charge in [0.15, 0.2) is 0 Å². The standard InChI is InChI=1S/C10H11NO5/c1-5-2-7-8(10(13)16-9(7)12)3-6(5)4-11(14)15/h7-8H,2-4H2,1H3. The third-order valence-electron chi connectivity index (χ3n) is 3.21. The van der Waals surface area contributed by atoms with Crippen molar-refractivity contribution < 1.29 is 19.2 Å². The number of allylic oxidation sites excluding steroid dienone is 1. The van der Waals surface area contributed by atoms with Gasteiger partial charge in [-0.2, -0.15) is 0 Å². The van der Waals surface area contributed by atoms with Crippen LogP contribution < -0.4 is 0 Å². The highest BCUT2D eigenvalue weighted by Crippen LogP contribution is 2.39. The Morgan fingerprint density at radius 2 is 1.88 bits per heavy atom. The summed E-state index contributed by atoms with van der Waals surface area (Å²) < 4.78 is 4.54. The first-order valence-electron chi connectivity index (χ1n) is 5.04. The molecule has 0 saturated carbocycles. The Morgan fingerprint density at radius 1 is 1.31 bits per heavy atom. The van der Waals surface area contributed by atoms with Crippen molar-refractivity contribution in [1.82, 2.24) is 0 Å². The minimum Gasteiger partial charge on any atom is -0.393 e. The highest BCUT2D eigenvalue weighted by molar-refractivity contribution is 5.97. The van der Waals surface area contributed by atoms with Crippen molar-refractivity contribution in [2.45, 2.75) is 19.8 Å². The number of hydrogen-bond donors (Lipinski definition) is 0. The van der Waals surface area contributed by atoms with Crippen molar-refractivity contribution >= 4 is 11.9 Å². The van der Waals surface area contributed by atoms with Crippen LogP contribution in [0.25, 0.3) is 0 Å². The second-order valence-electron chi connectivity index (χ2n) is 4.24. The van der Waals surface area contributed by atoms with E-state index in [2.05, 4.69) is 4.74 Å². The molecule has 86 valence electrons. The van der Waals surface area contributed by atoms with Gasteiger partial charge in [-0.15, -0.1) is 0 Å². The number of carbonyl (C=O) groups excluding carboxylic acids is 2. The zero-order chi connectivity index (χ0) is 11.9. The molecule has 2 rings (SSSR count). The first-order chi connectivity index (χ1) is 7.49. The molecule has 16 heavy (non-hydrogen) atoms. The van der Waals surface area contributed by atoms with Gasteiger partial charge in [-0.05, 0) is 25.3 Å². The average molecular weight is 225 g/mol. The van der Waals surface area contributed by atoms with Crippen molar-refractivity contribution in [2.24, 2.45) is 11.8 Å². The van der Waals surface area contributed by atoms with E-state index in [4.69, 9.17) is 0 Å². The number of carbonyl (C=O) groups is 2. The Bertz CT molecular complexity index is 411. The zero-order valence-electron chi connectivity index (χ0n) is 8.76. The fraction of sp³-hybridized carbons (Fsp3) is 0.600. The van der Waals surface area contributed by atoms with E-state index in [1.54, 1.807) is 6.92 Å². The molecule has 0 aromatic heterocycles. The summed E-state index contributed by atoms with van der Waals surface area (Å²) in [5, 5.41) is 10.4. The maximum atomic E-state index is 11.3. The third-order valence-corrected chi connectivity index (χ3v) is 3.21. The number of esters is 2. The van der Waals surface area contributed by atoms with Crippen LogP contribution in [0.5, 0.6) is 0 Å². The van der Waals surface area contributed by atoms with E-state index in [0.29, 0.717) is 12.0 Å². The van der Waals surface area contributed by atoms with Crippen LogP contribution in [0.3, 0.4) is 0 Å². The Morgan fingerprint density at radius 3 is 2.44 bits per heavy atom. The maximum absolute atomic E-state index is 11.3. The van der Waals surface area contributed by atoms with Crippen LogP contribution in [0, 0.1) is 22.0 Å². The fourth-order valence-electron chi connectivity index (χ4n) is 2.30. The molecule has 2 aliphatic rings. The van der Waals surface area contributed by atoms with Gasteiger partial charge >= 0.3 is 11.9 Å². The number of hydrogen-bond acceptors (Lipinski definition) is 5. The molecule has 0 radical (unpaired) electrons. The Labute approximate surface area is 91.4 Å². The first kappa shape index (κ1) is 10.8. The van der Waals surface area contributed by atoms with Gasteiger partial charge in [-0.1, -0.05) is 5.57 Å². The normalized spacial score (nSPS) is 29.1. The second kappa shape index (κ2) is 3.70. The molecule has 2 atom stereocenters. The SMILES string of the molecule is CC1=C(C[N+](=O)[O-])CC2C(=O)OC(=O)C2C1. The van der Waals surface area contributed by atoms with E-state index in [1.165, 1.54) is 0 Å². The van der Waals surface area contributed by atoms with Gasteiger partial charge in [0.05, 0.1) is 11.8 Å². The van der Waals surface area contributed by atoms with Crippen LogP contribution in [0.15, 0.2) is 11.1 Å². The smallest absolute Gasteiger partial charge is 0.317 e. The lowest BCUT2D eigenvalue weighted by Gasteiger charge is -2.22. The van der Waals surface area contributed by atoms with Crippen molar-refractivity contribution in [3.05, 3.63) is 21.3 Å². The molecular formula is C10H11NO5. The van der Waals surface area contributed by atoms with Gasteiger partial charge in [0.25, 0.3) is 0 Å². The largest absolute Gasteiger partial charge is 0.393 e. The number of fused-ring (bicyclic) bond motifs is 1. The van der Waals surface area contributed by atoms with Crippen molar-refractivity contribution in [3.63, 3.8) is 0 Å². The van der Waals surface area contributed by atoms with Gasteiger partial charge in [0.1, 0.15) is 0 Å². The molecule has 1 saturated heterocycles. The number of nitrogens with zero attached hydrogens (tertiary/aromatic N) is 1. The van der Waals surface area contributed by atoms with E-state index in [0.717, 1.165) is 5.57 Å². The summed E-state index contributed by atoms with van der Waals surface area (Å²) in [6, 6.07) is 0. The molecule has 0 bridgehead atoms. The van der Waals surface area contributed by atoms with Gasteiger partial charge < -0.3 is 4.74 Å².